The van der Waals surface area contributed by atoms with E-state index in [-0.39, 0.29) is 0 Å². The first-order chi connectivity index (χ1) is 5.72. The van der Waals surface area contributed by atoms with Crippen LogP contribution in [0.2, 0.25) is 0 Å². The highest BCUT2D eigenvalue weighted by atomic mass is 16.6. The molecular formula is C8H15N2O3. The Kier molecular flexibility index (Phi) is 3.71. The van der Waals surface area contributed by atoms with Gasteiger partial charge in [0.15, 0.2) is 0 Å². The van der Waals surface area contributed by atoms with Crippen LogP contribution in [0.15, 0.2) is 0 Å². The molecule has 0 aliphatic rings. The summed E-state index contributed by atoms with van der Waals surface area (Å²) in [6.45, 7) is 6.49. The predicted octanol–water partition coefficient (Wildman–Crippen LogP) is 0.919. The Balaban J connectivity index is 4.05. The second-order valence-electron chi connectivity index (χ2n) is 3.62. The van der Waals surface area contributed by atoms with E-state index in [1.807, 2.05) is 0 Å². The number of hydrogen-bond donors (Lipinski definition) is 0. The normalized spacial score (nSPS) is 10.5. The first-order valence-corrected chi connectivity index (χ1v) is 3.91. The average Bonchev–Trinajstić information content (AvgIpc) is 1.81. The molecule has 2 amide bonds. The van der Waals surface area contributed by atoms with Crippen LogP contribution in [0.3, 0.4) is 0 Å². The highest BCUT2D eigenvalue weighted by Crippen LogP contribution is 2.08. The molecule has 0 heterocycles. The third-order valence-corrected chi connectivity index (χ3v) is 0.949. The van der Waals surface area contributed by atoms with Gasteiger partial charge in [0.1, 0.15) is 5.60 Å². The molecule has 75 valence electrons. The zero-order valence-corrected chi connectivity index (χ0v) is 8.62. The largest absolute Gasteiger partial charge is 0.442 e. The number of ether oxygens (including phenoxy) is 1. The van der Waals surface area contributed by atoms with E-state index >= 15 is 0 Å². The molecule has 0 fully saturated rings. The van der Waals surface area contributed by atoms with Gasteiger partial charge in [-0.1, -0.05) is 0 Å². The van der Waals surface area contributed by atoms with E-state index in [1.54, 1.807) is 20.8 Å². The van der Waals surface area contributed by atoms with Crippen molar-refractivity contribution >= 4 is 12.0 Å². The first-order valence-electron chi connectivity index (χ1n) is 3.91. The van der Waals surface area contributed by atoms with E-state index in [1.165, 1.54) is 14.0 Å². The van der Waals surface area contributed by atoms with Crippen LogP contribution in [0.25, 0.3) is 0 Å². The number of rotatable bonds is 0. The van der Waals surface area contributed by atoms with Crippen molar-refractivity contribution in [2.75, 3.05) is 7.05 Å². The fraction of sp³-hybridized carbons (Fsp3) is 0.750. The summed E-state index contributed by atoms with van der Waals surface area (Å²) in [4.78, 5) is 21.7. The molecule has 0 saturated carbocycles. The lowest BCUT2D eigenvalue weighted by molar-refractivity contribution is -0.123. The molecule has 0 N–H and O–H groups in total. The van der Waals surface area contributed by atoms with E-state index in [2.05, 4.69) is 5.43 Å². The van der Waals surface area contributed by atoms with Gasteiger partial charge in [-0.15, -0.1) is 5.43 Å². The molecule has 0 aliphatic carbocycles. The number of nitrogens with zero attached hydrogens (tertiary/aromatic N) is 2. The van der Waals surface area contributed by atoms with Gasteiger partial charge in [-0.25, -0.2) is 4.79 Å². The van der Waals surface area contributed by atoms with Crippen LogP contribution in [0.5, 0.6) is 0 Å². The van der Waals surface area contributed by atoms with Crippen LogP contribution in [0.1, 0.15) is 27.7 Å². The Labute approximate surface area is 78.0 Å². The molecule has 0 aromatic carbocycles. The SMILES string of the molecule is CC(=O)[N]N(C)C(=O)OC(C)(C)C. The molecule has 0 aromatic rings. The monoisotopic (exact) mass is 187 g/mol. The van der Waals surface area contributed by atoms with E-state index in [9.17, 15) is 9.59 Å². The van der Waals surface area contributed by atoms with Crippen LogP contribution in [-0.2, 0) is 9.53 Å². The van der Waals surface area contributed by atoms with E-state index < -0.39 is 17.6 Å². The van der Waals surface area contributed by atoms with Crippen molar-refractivity contribution in [2.24, 2.45) is 0 Å². The van der Waals surface area contributed by atoms with E-state index in [0.29, 0.717) is 0 Å². The summed E-state index contributed by atoms with van der Waals surface area (Å²) in [5, 5.41) is 0.883. The Hall–Kier alpha value is -1.26. The molecule has 1 radical (unpaired) electrons. The number of carbonyl (C=O) groups excluding carboxylic acids is 2. The summed E-state index contributed by atoms with van der Waals surface area (Å²) in [5.74, 6) is -0.437. The third kappa shape index (κ3) is 5.95. The topological polar surface area (TPSA) is 60.7 Å². The van der Waals surface area contributed by atoms with Gasteiger partial charge in [0.2, 0.25) is 0 Å². The Bertz CT molecular complexity index is 208. The quantitative estimate of drug-likeness (QED) is 0.530. The van der Waals surface area contributed by atoms with Gasteiger partial charge in [-0.3, -0.25) is 4.79 Å². The highest BCUT2D eigenvalue weighted by Gasteiger charge is 2.20. The minimum Gasteiger partial charge on any atom is -0.442 e. The summed E-state index contributed by atoms with van der Waals surface area (Å²) in [5.41, 5.74) is 2.81. The van der Waals surface area contributed by atoms with E-state index in [4.69, 9.17) is 4.74 Å². The molecule has 5 nitrogen and oxygen atoms in total. The van der Waals surface area contributed by atoms with Crippen molar-refractivity contribution in [1.29, 1.82) is 0 Å². The van der Waals surface area contributed by atoms with Crippen LogP contribution in [0.4, 0.5) is 4.79 Å². The van der Waals surface area contributed by atoms with Crippen LogP contribution >= 0.6 is 0 Å². The lowest BCUT2D eigenvalue weighted by Gasteiger charge is -2.22. The van der Waals surface area contributed by atoms with Gasteiger partial charge in [0, 0.05) is 14.0 Å². The zero-order chi connectivity index (χ0) is 10.6. The summed E-state index contributed by atoms with van der Waals surface area (Å²) >= 11 is 0. The Morgan fingerprint density at radius 2 is 1.77 bits per heavy atom. The Morgan fingerprint density at radius 1 is 1.31 bits per heavy atom. The second-order valence-corrected chi connectivity index (χ2v) is 3.62. The van der Waals surface area contributed by atoms with Crippen LogP contribution in [-0.4, -0.2) is 29.7 Å². The van der Waals surface area contributed by atoms with Crippen molar-refractivity contribution in [3.63, 3.8) is 0 Å². The number of amides is 2. The second kappa shape index (κ2) is 4.11. The van der Waals surface area contributed by atoms with Crippen molar-refractivity contribution in [3.05, 3.63) is 0 Å². The molecule has 0 atom stereocenters. The molecule has 0 spiro atoms. The van der Waals surface area contributed by atoms with Crippen molar-refractivity contribution in [1.82, 2.24) is 10.4 Å². The molecule has 0 bridgehead atoms. The van der Waals surface area contributed by atoms with Gasteiger partial charge in [0.25, 0.3) is 5.91 Å². The summed E-state index contributed by atoms with van der Waals surface area (Å²) in [6, 6.07) is 0. The molecule has 0 unspecified atom stereocenters. The van der Waals surface area contributed by atoms with Gasteiger partial charge < -0.3 is 4.74 Å². The summed E-state index contributed by atoms with van der Waals surface area (Å²) < 4.78 is 4.94. The molecule has 5 heteroatoms. The fourth-order valence-corrected chi connectivity index (χ4v) is 0.580. The standard InChI is InChI=1S/C8H15N2O3/c1-6(11)9-10(5)7(12)13-8(2,3)4/h1-5H3. The Morgan fingerprint density at radius 3 is 2.08 bits per heavy atom. The number of carbonyl (C=O) groups is 2. The molecule has 0 aromatic heterocycles. The number of hydrogen-bond acceptors (Lipinski definition) is 3. The maximum atomic E-state index is 11.2. The third-order valence-electron chi connectivity index (χ3n) is 0.949. The minimum absolute atomic E-state index is 0.437. The molecule has 0 aliphatic heterocycles. The molecule has 13 heavy (non-hydrogen) atoms. The van der Waals surface area contributed by atoms with Crippen molar-refractivity contribution < 1.29 is 14.3 Å². The van der Waals surface area contributed by atoms with Crippen LogP contribution in [0, 0.1) is 0 Å². The van der Waals surface area contributed by atoms with Gasteiger partial charge in [-0.2, -0.15) is 5.01 Å². The predicted molar refractivity (Wildman–Crippen MR) is 46.8 cm³/mol. The summed E-state index contributed by atoms with van der Waals surface area (Å²) in [7, 11) is 1.37. The first kappa shape index (κ1) is 11.7. The van der Waals surface area contributed by atoms with E-state index in [0.717, 1.165) is 5.01 Å². The van der Waals surface area contributed by atoms with Gasteiger partial charge in [0.05, 0.1) is 0 Å². The van der Waals surface area contributed by atoms with Gasteiger partial charge in [-0.05, 0) is 20.8 Å². The average molecular weight is 187 g/mol. The smallest absolute Gasteiger partial charge is 0.430 e. The molecule has 0 saturated heterocycles. The maximum Gasteiger partial charge on any atom is 0.430 e. The van der Waals surface area contributed by atoms with Crippen LogP contribution < -0.4 is 5.43 Å². The maximum absolute atomic E-state index is 11.2. The zero-order valence-electron chi connectivity index (χ0n) is 8.62. The lowest BCUT2D eigenvalue weighted by atomic mass is 10.2. The summed E-state index contributed by atoms with van der Waals surface area (Å²) in [6.07, 6.45) is -0.636. The molecule has 0 rings (SSSR count). The minimum atomic E-state index is -0.636. The van der Waals surface area contributed by atoms with Crippen molar-refractivity contribution in [3.8, 4) is 0 Å². The fourth-order valence-electron chi connectivity index (χ4n) is 0.580. The molecular weight excluding hydrogens is 172 g/mol. The van der Waals surface area contributed by atoms with Gasteiger partial charge >= 0.3 is 6.09 Å². The van der Waals surface area contributed by atoms with Crippen molar-refractivity contribution in [2.45, 2.75) is 33.3 Å². The highest BCUT2D eigenvalue weighted by molar-refractivity contribution is 5.76. The lowest BCUT2D eigenvalue weighted by Crippen LogP contribution is -2.40.